The molecule has 0 aliphatic carbocycles. The zero-order valence-corrected chi connectivity index (χ0v) is 9.68. The Morgan fingerprint density at radius 2 is 1.06 bits per heavy atom. The summed E-state index contributed by atoms with van der Waals surface area (Å²) < 4.78 is 11.8. The lowest BCUT2D eigenvalue weighted by Gasteiger charge is -2.00. The van der Waals surface area contributed by atoms with Crippen LogP contribution in [0.2, 0.25) is 0 Å². The Balaban J connectivity index is 1.95. The third-order valence-electron chi connectivity index (χ3n) is 2.15. The van der Waals surface area contributed by atoms with Crippen LogP contribution in [0.15, 0.2) is 60.7 Å². The summed E-state index contributed by atoms with van der Waals surface area (Å²) in [5.74, 6) is 0. The van der Waals surface area contributed by atoms with Crippen LogP contribution in [0.3, 0.4) is 0 Å². The average molecular weight is 227 g/mol. The van der Waals surface area contributed by atoms with Crippen LogP contribution in [0.1, 0.15) is 11.1 Å². The van der Waals surface area contributed by atoms with E-state index in [1.807, 2.05) is 60.7 Å². The van der Waals surface area contributed by atoms with Gasteiger partial charge in [0.15, 0.2) is 0 Å². The molecule has 0 heterocycles. The molecule has 16 heavy (non-hydrogen) atoms. The molecule has 0 saturated carbocycles. The summed E-state index contributed by atoms with van der Waals surface area (Å²) in [5.41, 5.74) is 1.99. The molecule has 0 fully saturated rings. The normalized spacial score (nSPS) is 10.0. The Bertz CT molecular complexity index is 407. The van der Waals surface area contributed by atoms with Gasteiger partial charge in [0.1, 0.15) is 0 Å². The van der Waals surface area contributed by atoms with Gasteiger partial charge in [0, 0.05) is 0 Å². The molecule has 2 aromatic carbocycles. The highest BCUT2D eigenvalue weighted by atomic mass is 31.1. The van der Waals surface area contributed by atoms with E-state index in [9.17, 15) is 4.57 Å². The lowest BCUT2D eigenvalue weighted by atomic mass is 10.2. The molecule has 0 aromatic heterocycles. The summed E-state index contributed by atoms with van der Waals surface area (Å²) in [6, 6.07) is 19.5. The molecular formula is C14H12OP. The molecule has 0 unspecified atom stereocenters. The zero-order chi connectivity index (χ0) is 11.2. The minimum atomic E-state index is -1.43. The van der Waals surface area contributed by atoms with Gasteiger partial charge in [0.2, 0.25) is 0 Å². The van der Waals surface area contributed by atoms with Crippen LogP contribution in [0.4, 0.5) is 0 Å². The summed E-state index contributed by atoms with van der Waals surface area (Å²) in [5, 5.41) is 0. The molecule has 3 radical (unpaired) electrons. The fourth-order valence-electron chi connectivity index (χ4n) is 1.41. The van der Waals surface area contributed by atoms with Crippen molar-refractivity contribution in [2.45, 2.75) is 0 Å². The minimum Gasteiger partial charge on any atom is -0.286 e. The third-order valence-corrected chi connectivity index (χ3v) is 3.26. The Morgan fingerprint density at radius 3 is 1.44 bits per heavy atom. The fraction of sp³-hybridized carbons (Fsp3) is 0. The van der Waals surface area contributed by atoms with Crippen LogP contribution in [0.25, 0.3) is 0 Å². The largest absolute Gasteiger partial charge is 0.286 e. The Labute approximate surface area is 96.9 Å². The third kappa shape index (κ3) is 3.29. The molecule has 0 bridgehead atoms. The smallest absolute Gasteiger partial charge is 0.0899 e. The van der Waals surface area contributed by atoms with E-state index in [-0.39, 0.29) is 0 Å². The van der Waals surface area contributed by atoms with Crippen molar-refractivity contribution in [1.29, 1.82) is 0 Å². The summed E-state index contributed by atoms with van der Waals surface area (Å²) in [6.07, 6.45) is 3.56. The van der Waals surface area contributed by atoms with Gasteiger partial charge in [-0.2, -0.15) is 0 Å². The monoisotopic (exact) mass is 227 g/mol. The maximum absolute atomic E-state index is 11.8. The van der Waals surface area contributed by atoms with Crippen LogP contribution >= 0.6 is 7.80 Å². The number of hydrogen-bond donors (Lipinski definition) is 0. The van der Waals surface area contributed by atoms with Crippen molar-refractivity contribution in [3.63, 3.8) is 0 Å². The molecule has 0 aliphatic rings. The number of hydrogen-bond acceptors (Lipinski definition) is 1. The van der Waals surface area contributed by atoms with E-state index in [0.717, 1.165) is 11.1 Å². The van der Waals surface area contributed by atoms with Gasteiger partial charge in [-0.25, -0.2) is 0 Å². The first-order valence-corrected chi connectivity index (χ1v) is 6.50. The van der Waals surface area contributed by atoms with E-state index in [4.69, 9.17) is 0 Å². The van der Waals surface area contributed by atoms with Crippen molar-refractivity contribution in [2.75, 3.05) is 0 Å². The molecule has 0 saturated heterocycles. The average Bonchev–Trinajstić information content (AvgIpc) is 2.31. The maximum atomic E-state index is 11.8. The van der Waals surface area contributed by atoms with Crippen LogP contribution in [-0.2, 0) is 4.57 Å². The molecule has 1 nitrogen and oxygen atoms in total. The fourth-order valence-corrected chi connectivity index (χ4v) is 2.42. The van der Waals surface area contributed by atoms with Crippen LogP contribution < -0.4 is 0 Å². The van der Waals surface area contributed by atoms with Crippen molar-refractivity contribution in [3.05, 3.63) is 84.1 Å². The molecule has 0 spiro atoms. The van der Waals surface area contributed by atoms with E-state index in [0.29, 0.717) is 0 Å². The van der Waals surface area contributed by atoms with Gasteiger partial charge in [-0.3, -0.25) is 4.57 Å². The highest BCUT2D eigenvalue weighted by Gasteiger charge is 2.04. The maximum Gasteiger partial charge on any atom is 0.0899 e. The van der Waals surface area contributed by atoms with Crippen LogP contribution in [0, 0.1) is 12.3 Å². The van der Waals surface area contributed by atoms with E-state index < -0.39 is 7.80 Å². The highest BCUT2D eigenvalue weighted by molar-refractivity contribution is 7.50. The Kier molecular flexibility index (Phi) is 3.85. The van der Waals surface area contributed by atoms with Crippen molar-refractivity contribution >= 4 is 7.80 Å². The molecule has 0 amide bonds. The standard InChI is InChI=1S/C14H12OP/c15-16(11-13-7-3-1-4-8-13)12-14-9-5-2-6-10-14/h1-12H. The number of rotatable bonds is 4. The molecule has 0 atom stereocenters. The first kappa shape index (κ1) is 11.0. The van der Waals surface area contributed by atoms with Gasteiger partial charge < -0.3 is 0 Å². The molecule has 2 rings (SSSR count). The second-order valence-electron chi connectivity index (χ2n) is 3.44. The molecule has 2 heteroatoms. The number of benzene rings is 2. The van der Waals surface area contributed by atoms with Gasteiger partial charge in [0.25, 0.3) is 0 Å². The van der Waals surface area contributed by atoms with Crippen molar-refractivity contribution < 1.29 is 4.57 Å². The van der Waals surface area contributed by atoms with Crippen molar-refractivity contribution in [3.8, 4) is 0 Å². The van der Waals surface area contributed by atoms with Crippen molar-refractivity contribution in [2.24, 2.45) is 0 Å². The predicted molar refractivity (Wildman–Crippen MR) is 67.3 cm³/mol. The molecule has 79 valence electrons. The zero-order valence-electron chi connectivity index (χ0n) is 8.78. The van der Waals surface area contributed by atoms with E-state index >= 15 is 0 Å². The highest BCUT2D eigenvalue weighted by Crippen LogP contribution is 2.35. The van der Waals surface area contributed by atoms with Crippen molar-refractivity contribution in [1.82, 2.24) is 0 Å². The second kappa shape index (κ2) is 5.58. The molecule has 0 aliphatic heterocycles. The topological polar surface area (TPSA) is 17.1 Å². The van der Waals surface area contributed by atoms with E-state index in [1.54, 1.807) is 12.3 Å². The Morgan fingerprint density at radius 1 is 0.688 bits per heavy atom. The first-order chi connectivity index (χ1) is 7.84. The summed E-state index contributed by atoms with van der Waals surface area (Å²) >= 11 is 0. The first-order valence-electron chi connectivity index (χ1n) is 5.10. The van der Waals surface area contributed by atoms with Gasteiger partial charge in [-0.15, -0.1) is 0 Å². The van der Waals surface area contributed by atoms with Gasteiger partial charge in [0.05, 0.1) is 20.1 Å². The van der Waals surface area contributed by atoms with Crippen LogP contribution in [0.5, 0.6) is 0 Å². The van der Waals surface area contributed by atoms with Crippen LogP contribution in [-0.4, -0.2) is 0 Å². The predicted octanol–water partition coefficient (Wildman–Crippen LogP) is 4.23. The van der Waals surface area contributed by atoms with E-state index in [2.05, 4.69) is 0 Å². The minimum absolute atomic E-state index is 0.996. The SMILES string of the molecule is O=[P]([CH]c1ccccc1)[CH]c1ccccc1. The van der Waals surface area contributed by atoms with E-state index in [1.165, 1.54) is 0 Å². The Hall–Kier alpha value is -1.46. The summed E-state index contributed by atoms with van der Waals surface area (Å²) in [4.78, 5) is 0. The second-order valence-corrected chi connectivity index (χ2v) is 4.68. The molecular weight excluding hydrogens is 215 g/mol. The van der Waals surface area contributed by atoms with Gasteiger partial charge in [-0.05, 0) is 11.1 Å². The molecule has 0 N–H and O–H groups in total. The summed E-state index contributed by atoms with van der Waals surface area (Å²) in [7, 11) is -1.43. The van der Waals surface area contributed by atoms with Gasteiger partial charge in [-0.1, -0.05) is 60.7 Å². The lowest BCUT2D eigenvalue weighted by Crippen LogP contribution is -1.79. The lowest BCUT2D eigenvalue weighted by molar-refractivity contribution is 0.595. The molecule has 2 aromatic rings. The quantitative estimate of drug-likeness (QED) is 0.714. The summed E-state index contributed by atoms with van der Waals surface area (Å²) in [6.45, 7) is 0. The van der Waals surface area contributed by atoms with Gasteiger partial charge >= 0.3 is 0 Å².